The van der Waals surface area contributed by atoms with E-state index in [2.05, 4.69) is 103 Å². The highest BCUT2D eigenvalue weighted by molar-refractivity contribution is 7.80. The van der Waals surface area contributed by atoms with Gasteiger partial charge in [-0.05, 0) is 93.7 Å². The molecular formula is C53H81N4O6PS. The van der Waals surface area contributed by atoms with E-state index in [-0.39, 0.29) is 43.3 Å². The third-order valence-corrected chi connectivity index (χ3v) is 14.8. The summed E-state index contributed by atoms with van der Waals surface area (Å²) in [6.45, 7) is 20.0. The molecule has 0 radical (unpaired) electrons. The van der Waals surface area contributed by atoms with Gasteiger partial charge < -0.3 is 43.5 Å². The second-order valence-corrected chi connectivity index (χ2v) is 19.7. The van der Waals surface area contributed by atoms with Gasteiger partial charge in [-0.1, -0.05) is 139 Å². The highest BCUT2D eigenvalue weighted by atomic mass is 32.1. The Labute approximate surface area is 400 Å². The van der Waals surface area contributed by atoms with Crippen molar-refractivity contribution in [2.75, 3.05) is 47.6 Å². The van der Waals surface area contributed by atoms with Crippen molar-refractivity contribution in [1.29, 1.82) is 0 Å². The molecule has 1 fully saturated rings. The van der Waals surface area contributed by atoms with E-state index < -0.39 is 20.2 Å². The van der Waals surface area contributed by atoms with Crippen LogP contribution in [0.2, 0.25) is 0 Å². The third-order valence-electron chi connectivity index (χ3n) is 12.4. The standard InChI is InChI=1S/C53H81N4O6PS/c1-10-11-12-13-14-15-16-17-18-19-20-21-25-36-55-52(65)56-49-39-43(50(51(49)60-9)63-64(62-38-37-54-6)57(41(2)3)42(4)5)40-61-53(44-26-23-22-24-27-44,45-28-32-47(58-7)33-29-45)46-30-34-48(59-8)35-31-46/h22-24,26-35,41-43,49-51H,10-21,25,36-40H2,1-5,7-9H3,(H2,55,56,65)/t43-,49-,50?,51-,64?/m1/s1. The molecule has 65 heavy (non-hydrogen) atoms. The van der Waals surface area contributed by atoms with E-state index in [1.165, 1.54) is 77.0 Å². The summed E-state index contributed by atoms with van der Waals surface area (Å²) in [5, 5.41) is 7.77. The van der Waals surface area contributed by atoms with Gasteiger partial charge in [0.1, 0.15) is 29.8 Å². The van der Waals surface area contributed by atoms with Crippen LogP contribution in [-0.2, 0) is 24.1 Å². The summed E-state index contributed by atoms with van der Waals surface area (Å²) in [7, 11) is 3.52. The Morgan fingerprint density at radius 1 is 0.738 bits per heavy atom. The Hall–Kier alpha value is -3.33. The summed E-state index contributed by atoms with van der Waals surface area (Å²) in [5.74, 6) is 1.38. The minimum Gasteiger partial charge on any atom is -0.497 e. The molecule has 0 saturated heterocycles. The Morgan fingerprint density at radius 3 is 1.72 bits per heavy atom. The number of nitrogens with zero attached hydrogens (tertiary/aromatic N) is 2. The Bertz CT molecular complexity index is 1720. The van der Waals surface area contributed by atoms with Gasteiger partial charge in [0.05, 0.1) is 33.0 Å². The highest BCUT2D eigenvalue weighted by Gasteiger charge is 2.49. The smallest absolute Gasteiger partial charge is 0.259 e. The molecule has 1 aliphatic carbocycles. The topological polar surface area (TPSA) is 87.0 Å². The number of hydrogen-bond donors (Lipinski definition) is 2. The lowest BCUT2D eigenvalue weighted by Gasteiger charge is -2.40. The maximum absolute atomic E-state index is 7.51. The lowest BCUT2D eigenvalue weighted by molar-refractivity contribution is -0.0525. The second kappa shape index (κ2) is 30.1. The molecule has 3 aromatic rings. The highest BCUT2D eigenvalue weighted by Crippen LogP contribution is 2.51. The zero-order chi connectivity index (χ0) is 46.9. The van der Waals surface area contributed by atoms with Crippen LogP contribution in [0, 0.1) is 12.5 Å². The number of thiocarbonyl (C=S) groups is 1. The molecule has 0 heterocycles. The number of ether oxygens (including phenoxy) is 4. The van der Waals surface area contributed by atoms with Gasteiger partial charge in [0.2, 0.25) is 6.54 Å². The van der Waals surface area contributed by atoms with E-state index in [1.54, 1.807) is 21.3 Å². The molecule has 10 nitrogen and oxygen atoms in total. The van der Waals surface area contributed by atoms with Crippen molar-refractivity contribution in [3.05, 3.63) is 107 Å². The molecule has 3 aromatic carbocycles. The van der Waals surface area contributed by atoms with Crippen LogP contribution in [0.5, 0.6) is 11.5 Å². The van der Waals surface area contributed by atoms with Crippen molar-refractivity contribution < 1.29 is 28.0 Å². The van der Waals surface area contributed by atoms with Crippen molar-refractivity contribution in [2.24, 2.45) is 5.92 Å². The van der Waals surface area contributed by atoms with Gasteiger partial charge in [-0.2, -0.15) is 0 Å². The van der Waals surface area contributed by atoms with Gasteiger partial charge in [-0.25, -0.2) is 11.2 Å². The summed E-state index contributed by atoms with van der Waals surface area (Å²) in [5.41, 5.74) is 1.88. The molecule has 2 N–H and O–H groups in total. The van der Waals surface area contributed by atoms with Gasteiger partial charge in [0.25, 0.3) is 8.53 Å². The largest absolute Gasteiger partial charge is 0.497 e. The van der Waals surface area contributed by atoms with Crippen LogP contribution in [0.15, 0.2) is 78.9 Å². The lowest BCUT2D eigenvalue weighted by Crippen LogP contribution is -2.48. The molecule has 0 aliphatic heterocycles. The molecule has 4 rings (SSSR count). The summed E-state index contributed by atoms with van der Waals surface area (Å²) >= 11 is 5.96. The van der Waals surface area contributed by atoms with E-state index in [1.807, 2.05) is 30.3 Å². The Kier molecular flexibility index (Phi) is 25.2. The number of hydrogen-bond acceptors (Lipinski definition) is 8. The molecule has 12 heteroatoms. The van der Waals surface area contributed by atoms with E-state index >= 15 is 0 Å². The van der Waals surface area contributed by atoms with Crippen LogP contribution in [0.25, 0.3) is 4.85 Å². The maximum Gasteiger partial charge on any atom is 0.259 e. The summed E-state index contributed by atoms with van der Waals surface area (Å²) in [6.07, 6.45) is 17.0. The first-order valence-corrected chi connectivity index (χ1v) is 25.9. The van der Waals surface area contributed by atoms with Crippen LogP contribution in [0.4, 0.5) is 0 Å². The van der Waals surface area contributed by atoms with Crippen molar-refractivity contribution >= 4 is 25.9 Å². The summed E-state index contributed by atoms with van der Waals surface area (Å²) in [4.78, 5) is 3.58. The van der Waals surface area contributed by atoms with Gasteiger partial charge in [0.15, 0.2) is 5.11 Å². The van der Waals surface area contributed by atoms with Gasteiger partial charge >= 0.3 is 0 Å². The number of methoxy groups -OCH3 is 3. The van der Waals surface area contributed by atoms with E-state index in [4.69, 9.17) is 46.8 Å². The van der Waals surface area contributed by atoms with Crippen molar-refractivity contribution in [3.63, 3.8) is 0 Å². The maximum atomic E-state index is 7.51. The monoisotopic (exact) mass is 933 g/mol. The summed E-state index contributed by atoms with van der Waals surface area (Å²) in [6, 6.07) is 26.7. The third kappa shape index (κ3) is 16.7. The minimum atomic E-state index is -1.58. The van der Waals surface area contributed by atoms with Crippen LogP contribution >= 0.6 is 20.7 Å². The fourth-order valence-electron chi connectivity index (χ4n) is 9.10. The molecule has 5 atom stereocenters. The van der Waals surface area contributed by atoms with E-state index in [9.17, 15) is 0 Å². The van der Waals surface area contributed by atoms with Crippen molar-refractivity contribution in [1.82, 2.24) is 15.3 Å². The van der Waals surface area contributed by atoms with Crippen LogP contribution in [-0.4, -0.2) is 87.7 Å². The molecule has 1 aliphatic rings. The Balaban J connectivity index is 1.56. The average molecular weight is 933 g/mol. The normalized spacial score (nSPS) is 17.9. The molecule has 1 saturated carbocycles. The zero-order valence-electron chi connectivity index (χ0n) is 40.9. The van der Waals surface area contributed by atoms with E-state index in [0.29, 0.717) is 18.1 Å². The molecule has 0 aromatic heterocycles. The molecule has 0 spiro atoms. The Morgan fingerprint density at radius 2 is 1.25 bits per heavy atom. The SMILES string of the molecule is [C-]#[N+]CCOP(OC1[C@@H](COC(c2ccccc2)(c2ccc(OC)cc2)c2ccc(OC)cc2)C[C@@H](NC(=S)NCCCCCCCCCCCCCCC)[C@H]1OC)N(C(C)C)C(C)C. The predicted molar refractivity (Wildman–Crippen MR) is 272 cm³/mol. The molecule has 2 unspecified atom stereocenters. The second-order valence-electron chi connectivity index (χ2n) is 17.9. The van der Waals surface area contributed by atoms with Crippen LogP contribution < -0.4 is 20.1 Å². The van der Waals surface area contributed by atoms with Crippen LogP contribution in [0.1, 0.15) is 141 Å². The lowest BCUT2D eigenvalue weighted by atomic mass is 9.79. The molecule has 360 valence electrons. The first-order chi connectivity index (χ1) is 31.6. The zero-order valence-corrected chi connectivity index (χ0v) is 42.6. The first kappa shape index (κ1) is 54.3. The number of unbranched alkanes of at least 4 members (excludes halogenated alkanes) is 12. The fourth-order valence-corrected chi connectivity index (χ4v) is 11.2. The first-order valence-electron chi connectivity index (χ1n) is 24.4. The number of rotatable bonds is 32. The molecule has 0 amide bonds. The molecular weight excluding hydrogens is 852 g/mol. The average Bonchev–Trinajstić information content (AvgIpc) is 3.64. The molecule has 0 bridgehead atoms. The summed E-state index contributed by atoms with van der Waals surface area (Å²) < 4.78 is 41.1. The van der Waals surface area contributed by atoms with Crippen LogP contribution in [0.3, 0.4) is 0 Å². The van der Waals surface area contributed by atoms with E-state index in [0.717, 1.165) is 41.2 Å². The van der Waals surface area contributed by atoms with Gasteiger partial charge in [-0.15, -0.1) is 0 Å². The van der Waals surface area contributed by atoms with Gasteiger partial charge in [-0.3, -0.25) is 0 Å². The van der Waals surface area contributed by atoms with Crippen molar-refractivity contribution in [2.45, 2.75) is 160 Å². The minimum absolute atomic E-state index is 0.137. The van der Waals surface area contributed by atoms with Crippen molar-refractivity contribution in [3.8, 4) is 11.5 Å². The number of benzene rings is 3. The van der Waals surface area contributed by atoms with Gasteiger partial charge in [0, 0.05) is 31.7 Å². The fraction of sp³-hybridized carbons (Fsp3) is 0.623. The quantitative estimate of drug-likeness (QED) is 0.0207. The predicted octanol–water partition coefficient (Wildman–Crippen LogP) is 12.6. The number of nitrogens with one attached hydrogen (secondary N) is 2.